The van der Waals surface area contributed by atoms with E-state index in [1.807, 2.05) is 66.7 Å². The molecule has 8 heteroatoms. The van der Waals surface area contributed by atoms with Gasteiger partial charge in [0.2, 0.25) is 0 Å². The maximum absolute atomic E-state index is 13.7. The number of benzene rings is 2. The summed E-state index contributed by atoms with van der Waals surface area (Å²) in [5.41, 5.74) is 4.25. The van der Waals surface area contributed by atoms with Gasteiger partial charge in [-0.25, -0.2) is 9.67 Å². The summed E-state index contributed by atoms with van der Waals surface area (Å²) >= 11 is 6.09. The van der Waals surface area contributed by atoms with E-state index in [0.717, 1.165) is 60.7 Å². The smallest absolute Gasteiger partial charge is 0.256 e. The number of carbonyl (C=O) groups is 1. The molecular weight excluding hydrogens is 448 g/mol. The number of rotatable bonds is 3. The van der Waals surface area contributed by atoms with Gasteiger partial charge in [0.1, 0.15) is 5.82 Å². The lowest BCUT2D eigenvalue weighted by Crippen LogP contribution is -2.54. The number of anilines is 1. The first kappa shape index (κ1) is 21.1. The Labute approximate surface area is 203 Å². The fraction of sp³-hybridized carbons (Fsp3) is 0.308. The van der Waals surface area contributed by atoms with Crippen LogP contribution >= 0.6 is 11.6 Å². The number of piperidine rings is 2. The molecule has 172 valence electrons. The Morgan fingerprint density at radius 2 is 1.85 bits per heavy atom. The summed E-state index contributed by atoms with van der Waals surface area (Å²) in [6, 6.07) is 13.5. The molecule has 2 aromatic carbocycles. The molecule has 0 N–H and O–H groups in total. The number of carbonyl (C=O) groups excluding carboxylic acids is 1. The Bertz CT molecular complexity index is 1360. The third-order valence-electron chi connectivity index (χ3n) is 6.82. The van der Waals surface area contributed by atoms with Crippen LogP contribution in [0.15, 0.2) is 61.1 Å². The average molecular weight is 473 g/mol. The Morgan fingerprint density at radius 1 is 1.03 bits per heavy atom. The summed E-state index contributed by atoms with van der Waals surface area (Å²) in [5.74, 6) is 1.78. The fourth-order valence-electron chi connectivity index (χ4n) is 5.36. The van der Waals surface area contributed by atoms with Crippen molar-refractivity contribution < 1.29 is 4.79 Å². The Balaban J connectivity index is 1.22. The molecule has 0 spiro atoms. The molecule has 4 aromatic rings. The molecule has 1 amide bonds. The van der Waals surface area contributed by atoms with Crippen LogP contribution in [0.4, 0.5) is 5.82 Å². The van der Waals surface area contributed by atoms with Gasteiger partial charge in [-0.05, 0) is 61.6 Å². The summed E-state index contributed by atoms with van der Waals surface area (Å²) in [7, 11) is 0. The molecule has 2 bridgehead atoms. The standard InChI is InChI=1S/C26H25ClN6O/c1-17-3-6-24(33-8-2-7-29-33)21(9-17)26(34)32-15-18-10-19(16-32)14-31(13-18)25-12-28-23-11-20(27)4-5-22(23)30-25/h2-9,11-12,18-19H,10,13-16H2,1H3. The number of aryl methyl sites for hydroxylation is 1. The Morgan fingerprint density at radius 3 is 2.62 bits per heavy atom. The zero-order valence-electron chi connectivity index (χ0n) is 18.9. The van der Waals surface area contributed by atoms with Crippen molar-refractivity contribution in [2.75, 3.05) is 31.1 Å². The molecule has 2 aromatic heterocycles. The van der Waals surface area contributed by atoms with Gasteiger partial charge in [-0.3, -0.25) is 9.78 Å². The first-order valence-electron chi connectivity index (χ1n) is 11.6. The predicted molar refractivity (Wildman–Crippen MR) is 133 cm³/mol. The second kappa shape index (κ2) is 8.40. The minimum absolute atomic E-state index is 0.0831. The average Bonchev–Trinajstić information content (AvgIpc) is 3.37. The molecule has 2 unspecified atom stereocenters. The van der Waals surface area contributed by atoms with Gasteiger partial charge in [-0.15, -0.1) is 0 Å². The van der Waals surface area contributed by atoms with Crippen LogP contribution in [0, 0.1) is 18.8 Å². The summed E-state index contributed by atoms with van der Waals surface area (Å²) in [6.45, 7) is 5.25. The van der Waals surface area contributed by atoms with E-state index in [-0.39, 0.29) is 5.91 Å². The molecule has 2 fully saturated rings. The Kier molecular flexibility index (Phi) is 5.21. The highest BCUT2D eigenvalue weighted by Crippen LogP contribution is 2.32. The Hall–Kier alpha value is -3.45. The molecule has 4 heterocycles. The van der Waals surface area contributed by atoms with Crippen LogP contribution in [-0.2, 0) is 0 Å². The molecule has 0 radical (unpaired) electrons. The highest BCUT2D eigenvalue weighted by Gasteiger charge is 2.37. The van der Waals surface area contributed by atoms with Crippen LogP contribution in [0.2, 0.25) is 5.02 Å². The number of hydrogen-bond acceptors (Lipinski definition) is 5. The molecule has 2 atom stereocenters. The van der Waals surface area contributed by atoms with Crippen molar-refractivity contribution in [3.05, 3.63) is 77.2 Å². The van der Waals surface area contributed by atoms with Crippen LogP contribution in [0.25, 0.3) is 16.7 Å². The van der Waals surface area contributed by atoms with Crippen LogP contribution < -0.4 is 4.90 Å². The van der Waals surface area contributed by atoms with Crippen molar-refractivity contribution in [3.8, 4) is 5.69 Å². The van der Waals surface area contributed by atoms with E-state index in [2.05, 4.69) is 15.0 Å². The second-order valence-electron chi connectivity index (χ2n) is 9.42. The van der Waals surface area contributed by atoms with Gasteiger partial charge in [0.25, 0.3) is 5.91 Å². The molecule has 2 aliphatic heterocycles. The van der Waals surface area contributed by atoms with Gasteiger partial charge in [0.15, 0.2) is 0 Å². The largest absolute Gasteiger partial charge is 0.355 e. The summed E-state index contributed by atoms with van der Waals surface area (Å²) < 4.78 is 1.77. The van der Waals surface area contributed by atoms with E-state index >= 15 is 0 Å². The zero-order chi connectivity index (χ0) is 23.2. The molecule has 34 heavy (non-hydrogen) atoms. The van der Waals surface area contributed by atoms with Crippen molar-refractivity contribution >= 4 is 34.4 Å². The number of aromatic nitrogens is 4. The quantitative estimate of drug-likeness (QED) is 0.442. The summed E-state index contributed by atoms with van der Waals surface area (Å²) in [4.78, 5) is 27.4. The molecule has 7 nitrogen and oxygen atoms in total. The van der Waals surface area contributed by atoms with Crippen molar-refractivity contribution in [2.45, 2.75) is 13.3 Å². The highest BCUT2D eigenvalue weighted by molar-refractivity contribution is 6.31. The van der Waals surface area contributed by atoms with Crippen molar-refractivity contribution in [3.63, 3.8) is 0 Å². The van der Waals surface area contributed by atoms with E-state index in [0.29, 0.717) is 22.4 Å². The van der Waals surface area contributed by atoms with Gasteiger partial charge >= 0.3 is 0 Å². The lowest BCUT2D eigenvalue weighted by atomic mass is 9.84. The monoisotopic (exact) mass is 472 g/mol. The second-order valence-corrected chi connectivity index (χ2v) is 9.85. The minimum Gasteiger partial charge on any atom is -0.355 e. The van der Waals surface area contributed by atoms with Crippen LogP contribution in [0.3, 0.4) is 0 Å². The number of halogens is 1. The third-order valence-corrected chi connectivity index (χ3v) is 7.05. The van der Waals surface area contributed by atoms with Gasteiger partial charge in [0.05, 0.1) is 28.5 Å². The van der Waals surface area contributed by atoms with E-state index in [1.54, 1.807) is 10.9 Å². The zero-order valence-corrected chi connectivity index (χ0v) is 19.7. The maximum Gasteiger partial charge on any atom is 0.256 e. The molecule has 2 saturated heterocycles. The molecule has 2 aliphatic rings. The minimum atomic E-state index is 0.0831. The van der Waals surface area contributed by atoms with E-state index in [1.165, 1.54) is 0 Å². The molecule has 6 rings (SSSR count). The normalized spacial score (nSPS) is 20.1. The van der Waals surface area contributed by atoms with Crippen LogP contribution in [0.5, 0.6) is 0 Å². The molecule has 0 aliphatic carbocycles. The van der Waals surface area contributed by atoms with Gasteiger partial charge in [-0.2, -0.15) is 5.10 Å². The van der Waals surface area contributed by atoms with E-state index < -0.39 is 0 Å². The summed E-state index contributed by atoms with van der Waals surface area (Å²) in [5, 5.41) is 5.01. The van der Waals surface area contributed by atoms with Crippen molar-refractivity contribution in [2.24, 2.45) is 11.8 Å². The SMILES string of the molecule is Cc1ccc(-n2cccn2)c(C(=O)N2CC3CC(C2)CN(c2cnc4cc(Cl)ccc4n2)C3)c1. The predicted octanol–water partition coefficient (Wildman–Crippen LogP) is 4.38. The highest BCUT2D eigenvalue weighted by atomic mass is 35.5. The first-order chi connectivity index (χ1) is 16.5. The molecular formula is C26H25ClN6O. The lowest BCUT2D eigenvalue weighted by molar-refractivity contribution is 0.0564. The summed E-state index contributed by atoms with van der Waals surface area (Å²) in [6.07, 6.45) is 6.59. The van der Waals surface area contributed by atoms with E-state index in [4.69, 9.17) is 16.6 Å². The lowest BCUT2D eigenvalue weighted by Gasteiger charge is -2.46. The third kappa shape index (κ3) is 3.90. The number of nitrogens with zero attached hydrogens (tertiary/aromatic N) is 6. The number of likely N-dealkylation sites (tertiary alicyclic amines) is 1. The van der Waals surface area contributed by atoms with Crippen LogP contribution in [0.1, 0.15) is 22.3 Å². The maximum atomic E-state index is 13.7. The van der Waals surface area contributed by atoms with Gasteiger partial charge in [0, 0.05) is 43.6 Å². The van der Waals surface area contributed by atoms with Gasteiger partial charge in [-0.1, -0.05) is 23.2 Å². The topological polar surface area (TPSA) is 67.2 Å². The fourth-order valence-corrected chi connectivity index (χ4v) is 5.53. The van der Waals surface area contributed by atoms with Crippen molar-refractivity contribution in [1.29, 1.82) is 0 Å². The van der Waals surface area contributed by atoms with E-state index in [9.17, 15) is 4.79 Å². The first-order valence-corrected chi connectivity index (χ1v) is 12.0. The number of hydrogen-bond donors (Lipinski definition) is 0. The van der Waals surface area contributed by atoms with Gasteiger partial charge < -0.3 is 9.80 Å². The number of fused-ring (bicyclic) bond motifs is 3. The number of amides is 1. The van der Waals surface area contributed by atoms with Crippen LogP contribution in [-0.4, -0.2) is 56.7 Å². The molecule has 0 saturated carbocycles. The van der Waals surface area contributed by atoms with Crippen molar-refractivity contribution in [1.82, 2.24) is 24.6 Å².